The molecule has 0 spiro atoms. The van der Waals surface area contributed by atoms with Crippen molar-refractivity contribution >= 4 is 11.8 Å². The Kier molecular flexibility index (Phi) is 7.17. The number of hydrogen-bond acceptors (Lipinski definition) is 5. The van der Waals surface area contributed by atoms with Crippen LogP contribution in [0.3, 0.4) is 0 Å². The van der Waals surface area contributed by atoms with Gasteiger partial charge in [0.25, 0.3) is 5.91 Å². The highest BCUT2D eigenvalue weighted by Gasteiger charge is 2.38. The summed E-state index contributed by atoms with van der Waals surface area (Å²) in [6, 6.07) is 8.85. The predicted octanol–water partition coefficient (Wildman–Crippen LogP) is 0.364. The first kappa shape index (κ1) is 18.4. The van der Waals surface area contributed by atoms with E-state index >= 15 is 0 Å². The molecule has 2 atom stereocenters. The maximum atomic E-state index is 12.9. The number of carbonyl (C=O) groups is 2. The van der Waals surface area contributed by atoms with Gasteiger partial charge in [-0.05, 0) is 5.56 Å². The summed E-state index contributed by atoms with van der Waals surface area (Å²) in [5.41, 5.74) is 0.835. The van der Waals surface area contributed by atoms with Crippen LogP contribution in [-0.2, 0) is 23.8 Å². The second-order valence-electron chi connectivity index (χ2n) is 5.50. The van der Waals surface area contributed by atoms with E-state index in [0.29, 0.717) is 26.3 Å². The van der Waals surface area contributed by atoms with Crippen molar-refractivity contribution in [3.05, 3.63) is 35.9 Å². The second kappa shape index (κ2) is 9.36. The van der Waals surface area contributed by atoms with Crippen LogP contribution in [0.25, 0.3) is 0 Å². The van der Waals surface area contributed by atoms with Crippen LogP contribution in [0.15, 0.2) is 30.3 Å². The van der Waals surface area contributed by atoms with Gasteiger partial charge in [0, 0.05) is 27.3 Å². The maximum Gasteiger partial charge on any atom is 0.254 e. The Balaban J connectivity index is 2.17. The van der Waals surface area contributed by atoms with Crippen molar-refractivity contribution in [3.8, 4) is 0 Å². The lowest BCUT2D eigenvalue weighted by atomic mass is 9.99. The third-order valence-corrected chi connectivity index (χ3v) is 3.86. The third kappa shape index (κ3) is 4.77. The highest BCUT2D eigenvalue weighted by Crippen LogP contribution is 2.24. The molecule has 132 valence electrons. The summed E-state index contributed by atoms with van der Waals surface area (Å²) in [4.78, 5) is 26.3. The van der Waals surface area contributed by atoms with Crippen LogP contribution in [0, 0.1) is 0 Å². The third-order valence-electron chi connectivity index (χ3n) is 3.86. The molecule has 1 N–H and O–H groups in total. The van der Waals surface area contributed by atoms with Gasteiger partial charge < -0.3 is 24.4 Å². The van der Waals surface area contributed by atoms with Gasteiger partial charge in [-0.15, -0.1) is 0 Å². The topological polar surface area (TPSA) is 77.1 Å². The molecule has 1 heterocycles. The van der Waals surface area contributed by atoms with Gasteiger partial charge in [0.05, 0.1) is 19.3 Å². The fourth-order valence-electron chi connectivity index (χ4n) is 2.60. The van der Waals surface area contributed by atoms with Crippen molar-refractivity contribution in [1.29, 1.82) is 0 Å². The Bertz CT molecular complexity index is 529. The van der Waals surface area contributed by atoms with E-state index in [2.05, 4.69) is 5.32 Å². The summed E-state index contributed by atoms with van der Waals surface area (Å²) in [5, 5.41) is 2.86. The molecule has 1 saturated heterocycles. The fourth-order valence-corrected chi connectivity index (χ4v) is 2.60. The predicted molar refractivity (Wildman–Crippen MR) is 87.4 cm³/mol. The molecule has 1 aromatic rings. The molecule has 0 unspecified atom stereocenters. The number of nitrogens with zero attached hydrogens (tertiary/aromatic N) is 1. The Labute approximate surface area is 141 Å². The highest BCUT2D eigenvalue weighted by atomic mass is 16.5. The molecule has 0 radical (unpaired) electrons. The lowest BCUT2D eigenvalue weighted by Crippen LogP contribution is -2.54. The normalized spacial score (nSPS) is 20.5. The summed E-state index contributed by atoms with van der Waals surface area (Å²) < 4.78 is 15.7. The molecule has 7 heteroatoms. The van der Waals surface area contributed by atoms with Crippen LogP contribution < -0.4 is 5.32 Å². The average molecular weight is 336 g/mol. The summed E-state index contributed by atoms with van der Waals surface area (Å²) in [7, 11) is 3.17. The zero-order valence-electron chi connectivity index (χ0n) is 14.1. The minimum Gasteiger partial charge on any atom is -0.383 e. The first-order valence-electron chi connectivity index (χ1n) is 7.90. The largest absolute Gasteiger partial charge is 0.383 e. The monoisotopic (exact) mass is 336 g/mol. The number of carbonyl (C=O) groups excluding carboxylic acids is 2. The molecular formula is C17H24N2O5. The molecule has 1 aliphatic rings. The first-order valence-corrected chi connectivity index (χ1v) is 7.90. The zero-order chi connectivity index (χ0) is 17.4. The second-order valence-corrected chi connectivity index (χ2v) is 5.50. The van der Waals surface area contributed by atoms with Crippen LogP contribution in [0.4, 0.5) is 0 Å². The van der Waals surface area contributed by atoms with Crippen LogP contribution in [0.2, 0.25) is 0 Å². The summed E-state index contributed by atoms with van der Waals surface area (Å²) >= 11 is 0. The molecule has 2 rings (SSSR count). The van der Waals surface area contributed by atoms with Gasteiger partial charge in [-0.2, -0.15) is 0 Å². The molecule has 0 aromatic heterocycles. The first-order chi connectivity index (χ1) is 11.7. The number of hydrogen-bond donors (Lipinski definition) is 1. The molecule has 1 fully saturated rings. The van der Waals surface area contributed by atoms with Gasteiger partial charge in [0.2, 0.25) is 5.91 Å². The van der Waals surface area contributed by atoms with Crippen molar-refractivity contribution < 1.29 is 23.8 Å². The molecule has 0 bridgehead atoms. The van der Waals surface area contributed by atoms with E-state index in [0.717, 1.165) is 5.56 Å². The molecule has 1 aromatic carbocycles. The number of rotatable bonds is 8. The highest BCUT2D eigenvalue weighted by molar-refractivity contribution is 5.86. The van der Waals surface area contributed by atoms with Crippen LogP contribution in [0.5, 0.6) is 0 Å². The van der Waals surface area contributed by atoms with Gasteiger partial charge in [-0.25, -0.2) is 0 Å². The molecule has 7 nitrogen and oxygen atoms in total. The van der Waals surface area contributed by atoms with E-state index in [-0.39, 0.29) is 18.4 Å². The maximum absolute atomic E-state index is 12.9. The van der Waals surface area contributed by atoms with E-state index in [4.69, 9.17) is 14.2 Å². The number of methoxy groups -OCH3 is 2. The minimum atomic E-state index is -0.765. The Morgan fingerprint density at radius 3 is 2.42 bits per heavy atom. The zero-order valence-corrected chi connectivity index (χ0v) is 14.1. The van der Waals surface area contributed by atoms with Crippen LogP contribution >= 0.6 is 0 Å². The molecule has 0 saturated carbocycles. The Hall–Kier alpha value is -1.96. The van der Waals surface area contributed by atoms with Crippen molar-refractivity contribution in [3.63, 3.8) is 0 Å². The fraction of sp³-hybridized carbons (Fsp3) is 0.529. The molecule has 2 amide bonds. The SMILES string of the molecule is COCCN(CCOC)C(=O)[C@H]1OCC(=O)N[C@@H]1c1ccccc1. The minimum absolute atomic E-state index is 0.123. The van der Waals surface area contributed by atoms with Crippen molar-refractivity contribution in [2.45, 2.75) is 12.1 Å². The summed E-state index contributed by atoms with van der Waals surface area (Å²) in [5.74, 6) is -0.411. The van der Waals surface area contributed by atoms with Gasteiger partial charge in [-0.3, -0.25) is 9.59 Å². The van der Waals surface area contributed by atoms with E-state index in [1.807, 2.05) is 30.3 Å². The lowest BCUT2D eigenvalue weighted by Gasteiger charge is -2.35. The molecule has 24 heavy (non-hydrogen) atoms. The van der Waals surface area contributed by atoms with E-state index in [1.54, 1.807) is 19.1 Å². The van der Waals surface area contributed by atoms with E-state index in [1.165, 1.54) is 0 Å². The summed E-state index contributed by atoms with van der Waals surface area (Å²) in [6.07, 6.45) is -0.765. The van der Waals surface area contributed by atoms with Gasteiger partial charge in [0.15, 0.2) is 6.10 Å². The average Bonchev–Trinajstić information content (AvgIpc) is 2.62. The van der Waals surface area contributed by atoms with Gasteiger partial charge in [-0.1, -0.05) is 30.3 Å². The number of nitrogens with one attached hydrogen (secondary N) is 1. The molecular weight excluding hydrogens is 312 g/mol. The van der Waals surface area contributed by atoms with Crippen molar-refractivity contribution in [2.75, 3.05) is 47.1 Å². The quantitative estimate of drug-likeness (QED) is 0.742. The lowest BCUT2D eigenvalue weighted by molar-refractivity contribution is -0.156. The van der Waals surface area contributed by atoms with Crippen LogP contribution in [0.1, 0.15) is 11.6 Å². The van der Waals surface area contributed by atoms with Crippen molar-refractivity contribution in [2.24, 2.45) is 0 Å². The summed E-state index contributed by atoms with van der Waals surface area (Å²) in [6.45, 7) is 1.60. The van der Waals surface area contributed by atoms with Crippen molar-refractivity contribution in [1.82, 2.24) is 10.2 Å². The molecule has 0 aliphatic carbocycles. The standard InChI is InChI=1S/C17H24N2O5/c1-22-10-8-19(9-11-23-2)17(21)16-15(18-14(20)12-24-16)13-6-4-3-5-7-13/h3-7,15-16H,8-12H2,1-2H3,(H,18,20)/t15-,16+/m1/s1. The van der Waals surface area contributed by atoms with Gasteiger partial charge >= 0.3 is 0 Å². The number of ether oxygens (including phenoxy) is 3. The van der Waals surface area contributed by atoms with E-state index < -0.39 is 12.1 Å². The smallest absolute Gasteiger partial charge is 0.254 e. The Morgan fingerprint density at radius 1 is 1.21 bits per heavy atom. The molecule has 1 aliphatic heterocycles. The number of amides is 2. The van der Waals surface area contributed by atoms with Gasteiger partial charge in [0.1, 0.15) is 6.61 Å². The number of benzene rings is 1. The van der Waals surface area contributed by atoms with Crippen LogP contribution in [-0.4, -0.2) is 69.9 Å². The Morgan fingerprint density at radius 2 is 1.83 bits per heavy atom. The number of morpholine rings is 1. The van der Waals surface area contributed by atoms with E-state index in [9.17, 15) is 9.59 Å².